The Hall–Kier alpha value is -1.67. The van der Waals surface area contributed by atoms with Crippen molar-refractivity contribution in [2.24, 2.45) is 5.84 Å². The first-order valence-corrected chi connectivity index (χ1v) is 7.04. The molecule has 0 aliphatic carbocycles. The molecule has 20 heavy (non-hydrogen) atoms. The SMILES string of the molecule is CCCOc1nc(NN)nc(N2CC3CCC(C2)O3)n1. The third-order valence-electron chi connectivity index (χ3n) is 3.49. The van der Waals surface area contributed by atoms with E-state index in [9.17, 15) is 0 Å². The molecule has 3 N–H and O–H groups in total. The van der Waals surface area contributed by atoms with E-state index >= 15 is 0 Å². The highest BCUT2D eigenvalue weighted by Gasteiger charge is 2.35. The van der Waals surface area contributed by atoms with Crippen LogP contribution in [0.4, 0.5) is 11.9 Å². The number of aromatic nitrogens is 3. The van der Waals surface area contributed by atoms with Gasteiger partial charge >= 0.3 is 6.01 Å². The zero-order chi connectivity index (χ0) is 13.9. The molecule has 3 heterocycles. The second-order valence-electron chi connectivity index (χ2n) is 5.10. The quantitative estimate of drug-likeness (QED) is 0.587. The highest BCUT2D eigenvalue weighted by Crippen LogP contribution is 2.28. The number of rotatable bonds is 5. The maximum Gasteiger partial charge on any atom is 0.323 e. The van der Waals surface area contributed by atoms with Crippen molar-refractivity contribution >= 4 is 11.9 Å². The summed E-state index contributed by atoms with van der Waals surface area (Å²) in [6.07, 6.45) is 3.66. The summed E-state index contributed by atoms with van der Waals surface area (Å²) >= 11 is 0. The summed E-state index contributed by atoms with van der Waals surface area (Å²) in [7, 11) is 0. The second-order valence-corrected chi connectivity index (χ2v) is 5.10. The first-order chi connectivity index (χ1) is 9.78. The fraction of sp³-hybridized carbons (Fsp3) is 0.750. The summed E-state index contributed by atoms with van der Waals surface area (Å²) in [5.41, 5.74) is 2.46. The third kappa shape index (κ3) is 2.75. The summed E-state index contributed by atoms with van der Waals surface area (Å²) in [4.78, 5) is 14.9. The van der Waals surface area contributed by atoms with E-state index in [0.717, 1.165) is 32.4 Å². The Morgan fingerprint density at radius 1 is 1.30 bits per heavy atom. The minimum atomic E-state index is 0.278. The lowest BCUT2D eigenvalue weighted by Gasteiger charge is -2.32. The Morgan fingerprint density at radius 2 is 2.05 bits per heavy atom. The van der Waals surface area contributed by atoms with Gasteiger partial charge in [-0.3, -0.25) is 5.43 Å². The topological polar surface area (TPSA) is 98.4 Å². The predicted octanol–water partition coefficient (Wildman–Crippen LogP) is 0.314. The molecular weight excluding hydrogens is 260 g/mol. The summed E-state index contributed by atoms with van der Waals surface area (Å²) in [6.45, 7) is 4.21. The van der Waals surface area contributed by atoms with Gasteiger partial charge in [0, 0.05) is 13.1 Å². The monoisotopic (exact) mass is 280 g/mol. The van der Waals surface area contributed by atoms with Crippen molar-refractivity contribution in [1.82, 2.24) is 15.0 Å². The molecule has 1 aromatic heterocycles. The van der Waals surface area contributed by atoms with Crippen LogP contribution in [0.2, 0.25) is 0 Å². The van der Waals surface area contributed by atoms with Gasteiger partial charge in [0.25, 0.3) is 0 Å². The molecule has 110 valence electrons. The highest BCUT2D eigenvalue weighted by molar-refractivity contribution is 5.38. The second kappa shape index (κ2) is 5.76. The first-order valence-electron chi connectivity index (χ1n) is 7.04. The number of hydrogen-bond acceptors (Lipinski definition) is 8. The number of nitrogens with zero attached hydrogens (tertiary/aromatic N) is 4. The zero-order valence-corrected chi connectivity index (χ0v) is 11.6. The number of hydrogen-bond donors (Lipinski definition) is 2. The molecule has 2 fully saturated rings. The van der Waals surface area contributed by atoms with Crippen molar-refractivity contribution < 1.29 is 9.47 Å². The molecule has 0 amide bonds. The number of anilines is 2. The van der Waals surface area contributed by atoms with Crippen LogP contribution in [0.5, 0.6) is 6.01 Å². The average molecular weight is 280 g/mol. The van der Waals surface area contributed by atoms with Crippen molar-refractivity contribution in [3.63, 3.8) is 0 Å². The lowest BCUT2D eigenvalue weighted by Crippen LogP contribution is -2.43. The Bertz CT molecular complexity index is 459. The number of fused-ring (bicyclic) bond motifs is 2. The molecule has 2 aliphatic rings. The number of morpholine rings is 1. The van der Waals surface area contributed by atoms with E-state index in [0.29, 0.717) is 24.5 Å². The molecule has 0 aromatic carbocycles. The molecule has 2 bridgehead atoms. The van der Waals surface area contributed by atoms with Gasteiger partial charge in [-0.05, 0) is 19.3 Å². The van der Waals surface area contributed by atoms with Crippen LogP contribution < -0.4 is 20.9 Å². The van der Waals surface area contributed by atoms with Gasteiger partial charge in [-0.2, -0.15) is 15.0 Å². The Kier molecular flexibility index (Phi) is 3.83. The van der Waals surface area contributed by atoms with E-state index < -0.39 is 0 Å². The van der Waals surface area contributed by atoms with Gasteiger partial charge in [-0.1, -0.05) is 6.92 Å². The van der Waals surface area contributed by atoms with Crippen LogP contribution >= 0.6 is 0 Å². The molecule has 0 radical (unpaired) electrons. The van der Waals surface area contributed by atoms with Gasteiger partial charge in [0.05, 0.1) is 18.8 Å². The molecule has 8 nitrogen and oxygen atoms in total. The lowest BCUT2D eigenvalue weighted by atomic mass is 10.2. The molecule has 2 saturated heterocycles. The van der Waals surface area contributed by atoms with Crippen LogP contribution in [0, 0.1) is 0 Å². The minimum Gasteiger partial charge on any atom is -0.463 e. The van der Waals surface area contributed by atoms with Crippen LogP contribution in [0.3, 0.4) is 0 Å². The maximum absolute atomic E-state index is 5.82. The molecule has 0 saturated carbocycles. The van der Waals surface area contributed by atoms with E-state index in [4.69, 9.17) is 15.3 Å². The van der Waals surface area contributed by atoms with Gasteiger partial charge in [0.15, 0.2) is 0 Å². The molecule has 1 aromatic rings. The third-order valence-corrected chi connectivity index (χ3v) is 3.49. The lowest BCUT2D eigenvalue weighted by molar-refractivity contribution is 0.0298. The summed E-state index contributed by atoms with van der Waals surface area (Å²) in [6, 6.07) is 0.309. The van der Waals surface area contributed by atoms with E-state index in [1.807, 2.05) is 6.92 Å². The standard InChI is InChI=1S/C12H20N6O2/c1-2-5-19-12-15-10(17-13)14-11(16-12)18-6-8-3-4-9(7-18)20-8/h8-9H,2-7,13H2,1H3,(H,14,15,16,17). The number of nitrogens with two attached hydrogens (primary N) is 1. The van der Waals surface area contributed by atoms with Gasteiger partial charge < -0.3 is 14.4 Å². The van der Waals surface area contributed by atoms with Crippen molar-refractivity contribution in [2.75, 3.05) is 30.0 Å². The van der Waals surface area contributed by atoms with Gasteiger partial charge in [0.2, 0.25) is 11.9 Å². The van der Waals surface area contributed by atoms with Crippen LogP contribution in [0.25, 0.3) is 0 Å². The van der Waals surface area contributed by atoms with Gasteiger partial charge in [-0.25, -0.2) is 5.84 Å². The predicted molar refractivity (Wildman–Crippen MR) is 73.5 cm³/mol. The van der Waals surface area contributed by atoms with E-state index in [2.05, 4.69) is 25.3 Å². The van der Waals surface area contributed by atoms with Crippen LogP contribution in [0.1, 0.15) is 26.2 Å². The average Bonchev–Trinajstić information content (AvgIpc) is 2.83. The molecule has 2 aliphatic heterocycles. The number of nitrogen functional groups attached to an aromatic ring is 1. The largest absolute Gasteiger partial charge is 0.463 e. The van der Waals surface area contributed by atoms with Crippen molar-refractivity contribution in [1.29, 1.82) is 0 Å². The van der Waals surface area contributed by atoms with Crippen LogP contribution in [-0.2, 0) is 4.74 Å². The molecule has 8 heteroatoms. The fourth-order valence-corrected chi connectivity index (χ4v) is 2.59. The Labute approximate surface area is 117 Å². The smallest absolute Gasteiger partial charge is 0.323 e. The fourth-order valence-electron chi connectivity index (χ4n) is 2.59. The van der Waals surface area contributed by atoms with Crippen molar-refractivity contribution in [3.8, 4) is 6.01 Å². The van der Waals surface area contributed by atoms with Crippen LogP contribution in [0.15, 0.2) is 0 Å². The summed E-state index contributed by atoms with van der Waals surface area (Å²) in [5, 5.41) is 0. The van der Waals surface area contributed by atoms with E-state index in [1.165, 1.54) is 0 Å². The number of nitrogens with one attached hydrogen (secondary N) is 1. The summed E-state index contributed by atoms with van der Waals surface area (Å²) < 4.78 is 11.3. The highest BCUT2D eigenvalue weighted by atomic mass is 16.5. The Morgan fingerprint density at radius 3 is 2.70 bits per heavy atom. The van der Waals surface area contributed by atoms with Gasteiger partial charge in [0.1, 0.15) is 0 Å². The minimum absolute atomic E-state index is 0.278. The molecule has 3 rings (SSSR count). The first kappa shape index (κ1) is 13.3. The van der Waals surface area contributed by atoms with Crippen molar-refractivity contribution in [2.45, 2.75) is 38.4 Å². The summed E-state index contributed by atoms with van der Waals surface area (Å²) in [5.74, 6) is 6.33. The van der Waals surface area contributed by atoms with Crippen molar-refractivity contribution in [3.05, 3.63) is 0 Å². The number of ether oxygens (including phenoxy) is 2. The molecule has 2 unspecified atom stereocenters. The molecular formula is C12H20N6O2. The van der Waals surface area contributed by atoms with Crippen LogP contribution in [-0.4, -0.2) is 46.9 Å². The molecule has 0 spiro atoms. The maximum atomic E-state index is 5.82. The van der Waals surface area contributed by atoms with Gasteiger partial charge in [-0.15, -0.1) is 0 Å². The zero-order valence-electron chi connectivity index (χ0n) is 11.6. The Balaban J connectivity index is 1.80. The molecule has 2 atom stereocenters. The van der Waals surface area contributed by atoms with E-state index in [-0.39, 0.29) is 12.2 Å². The number of hydrazine groups is 1. The van der Waals surface area contributed by atoms with E-state index in [1.54, 1.807) is 0 Å². The normalized spacial score (nSPS) is 24.8.